The lowest BCUT2D eigenvalue weighted by atomic mass is 9.81. The summed E-state index contributed by atoms with van der Waals surface area (Å²) >= 11 is 0. The molecule has 1 aromatic rings. The number of hydrogen-bond donors (Lipinski definition) is 1. The van der Waals surface area contributed by atoms with Crippen LogP contribution in [0, 0.1) is 29.6 Å². The van der Waals surface area contributed by atoms with E-state index in [4.69, 9.17) is 27.8 Å². The van der Waals surface area contributed by atoms with Crippen molar-refractivity contribution in [3.63, 3.8) is 0 Å². The molecule has 50 heavy (non-hydrogen) atoms. The van der Waals surface area contributed by atoms with Crippen molar-refractivity contribution in [3.8, 4) is 5.75 Å². The average molecular weight is 739 g/mol. The molecule has 0 saturated heterocycles. The first kappa shape index (κ1) is 47.0. The van der Waals surface area contributed by atoms with Crippen molar-refractivity contribution < 1.29 is 32.9 Å². The highest BCUT2D eigenvalue weighted by Crippen LogP contribution is 2.41. The summed E-state index contributed by atoms with van der Waals surface area (Å²) in [6.07, 6.45) is 2.99. The second-order valence-corrected chi connectivity index (χ2v) is 27.7. The molecule has 0 radical (unpaired) electrons. The molecular formula is C41H78O7Si2. The van der Waals surface area contributed by atoms with E-state index in [-0.39, 0.29) is 71.4 Å². The molecule has 1 rings (SSSR count). The van der Waals surface area contributed by atoms with Crippen LogP contribution in [-0.2, 0) is 29.7 Å². The molecule has 0 aliphatic carbocycles. The summed E-state index contributed by atoms with van der Waals surface area (Å²) in [5.74, 6) is 1.42. The third-order valence-electron chi connectivity index (χ3n) is 11.4. The lowest BCUT2D eigenvalue weighted by molar-refractivity contribution is -0.106. The van der Waals surface area contributed by atoms with E-state index >= 15 is 0 Å². The minimum Gasteiger partial charge on any atom is -0.497 e. The summed E-state index contributed by atoms with van der Waals surface area (Å²) in [5.41, 5.74) is 2.39. The Bertz CT molecular complexity index is 1120. The van der Waals surface area contributed by atoms with Gasteiger partial charge in [-0.25, -0.2) is 0 Å². The zero-order valence-corrected chi connectivity index (χ0v) is 37.4. The molecule has 0 fully saturated rings. The minimum atomic E-state index is -2.15. The second kappa shape index (κ2) is 20.4. The Kier molecular flexibility index (Phi) is 19.2. The fraction of sp³-hybridized carbons (Fsp3) is 0.805. The van der Waals surface area contributed by atoms with Crippen LogP contribution in [0.1, 0.15) is 95.1 Å². The molecule has 0 aliphatic rings. The van der Waals surface area contributed by atoms with Crippen molar-refractivity contribution in [1.29, 1.82) is 0 Å². The smallest absolute Gasteiger partial charge is 0.192 e. The van der Waals surface area contributed by atoms with Gasteiger partial charge in [-0.2, -0.15) is 0 Å². The van der Waals surface area contributed by atoms with Crippen molar-refractivity contribution >= 4 is 16.6 Å². The Labute approximate surface area is 310 Å². The van der Waals surface area contributed by atoms with E-state index in [9.17, 15) is 5.11 Å². The first-order chi connectivity index (χ1) is 22.9. The number of aliphatic hydroxyl groups excluding tert-OH is 1. The van der Waals surface area contributed by atoms with Gasteiger partial charge in [0, 0.05) is 44.0 Å². The number of hydrogen-bond acceptors (Lipinski definition) is 7. The molecule has 0 bridgehead atoms. The van der Waals surface area contributed by atoms with E-state index in [1.54, 1.807) is 14.2 Å². The predicted molar refractivity (Wildman–Crippen MR) is 215 cm³/mol. The number of aliphatic hydroxyl groups is 1. The quantitative estimate of drug-likeness (QED) is 0.0721. The molecule has 0 unspecified atom stereocenters. The maximum absolute atomic E-state index is 10.4. The van der Waals surface area contributed by atoms with Gasteiger partial charge < -0.3 is 32.9 Å². The SMILES string of the molecule is COCO[C@H]([C@@H](C)C=C(C)C[C@H](C)[C@@H](O[Si](C)(C)C(C)(C)C)[C@H](C)[C@@H](OCc1ccc(OC)cc1)[C@@H](C)CO)[C@@H](C)CO[Si](C)(C)C(C)(C)C. The van der Waals surface area contributed by atoms with Gasteiger partial charge >= 0.3 is 0 Å². The Hall–Kier alpha value is -1.05. The van der Waals surface area contributed by atoms with Crippen LogP contribution in [0.5, 0.6) is 5.75 Å². The van der Waals surface area contributed by atoms with E-state index < -0.39 is 16.6 Å². The highest BCUT2D eigenvalue weighted by molar-refractivity contribution is 6.74. The van der Waals surface area contributed by atoms with Crippen molar-refractivity contribution in [2.75, 3.05) is 34.2 Å². The van der Waals surface area contributed by atoms with Gasteiger partial charge in [0.25, 0.3) is 0 Å². The number of rotatable bonds is 22. The molecule has 0 aromatic heterocycles. The largest absolute Gasteiger partial charge is 0.497 e. The van der Waals surface area contributed by atoms with Gasteiger partial charge in [-0.1, -0.05) is 99.9 Å². The fourth-order valence-corrected chi connectivity index (χ4v) is 8.76. The summed E-state index contributed by atoms with van der Waals surface area (Å²) in [6, 6.07) is 7.99. The maximum Gasteiger partial charge on any atom is 0.192 e. The zero-order valence-electron chi connectivity index (χ0n) is 35.4. The predicted octanol–water partition coefficient (Wildman–Crippen LogP) is 10.5. The molecule has 0 spiro atoms. The lowest BCUT2D eigenvalue weighted by Crippen LogP contribution is -2.50. The summed E-state index contributed by atoms with van der Waals surface area (Å²) < 4.78 is 37.6. The van der Waals surface area contributed by atoms with Crippen molar-refractivity contribution in [2.45, 2.75) is 151 Å². The average Bonchev–Trinajstić information content (AvgIpc) is 3.01. The topological polar surface area (TPSA) is 75.6 Å². The van der Waals surface area contributed by atoms with Crippen LogP contribution in [0.2, 0.25) is 36.3 Å². The third kappa shape index (κ3) is 14.4. The van der Waals surface area contributed by atoms with Crippen LogP contribution >= 0.6 is 0 Å². The minimum absolute atomic E-state index is 0.0377. The molecule has 9 heteroatoms. The summed E-state index contributed by atoms with van der Waals surface area (Å²) in [6.45, 7) is 37.8. The molecule has 0 heterocycles. The zero-order chi connectivity index (χ0) is 38.7. The number of methoxy groups -OCH3 is 2. The van der Waals surface area contributed by atoms with Gasteiger partial charge in [-0.3, -0.25) is 0 Å². The summed E-state index contributed by atoms with van der Waals surface area (Å²) in [4.78, 5) is 0. The molecular weight excluding hydrogens is 661 g/mol. The third-order valence-corrected chi connectivity index (χ3v) is 20.4. The van der Waals surface area contributed by atoms with E-state index in [0.29, 0.717) is 13.2 Å². The van der Waals surface area contributed by atoms with Gasteiger partial charge in [0.15, 0.2) is 16.6 Å². The van der Waals surface area contributed by atoms with E-state index in [0.717, 1.165) is 17.7 Å². The molecule has 7 nitrogen and oxygen atoms in total. The Balaban J connectivity index is 3.34. The van der Waals surface area contributed by atoms with E-state index in [2.05, 4.69) is 115 Å². The Morgan fingerprint density at radius 2 is 1.32 bits per heavy atom. The summed E-state index contributed by atoms with van der Waals surface area (Å²) in [7, 11) is -0.679. The molecule has 0 amide bonds. The van der Waals surface area contributed by atoms with Crippen LogP contribution in [0.4, 0.5) is 0 Å². The lowest BCUT2D eigenvalue weighted by Gasteiger charge is -2.45. The highest BCUT2D eigenvalue weighted by atomic mass is 28.4. The number of ether oxygens (including phenoxy) is 4. The molecule has 1 N–H and O–H groups in total. The number of benzene rings is 1. The Morgan fingerprint density at radius 1 is 0.760 bits per heavy atom. The van der Waals surface area contributed by atoms with Gasteiger partial charge in [-0.05, 0) is 73.2 Å². The molecule has 0 saturated carbocycles. The first-order valence-electron chi connectivity index (χ1n) is 18.9. The van der Waals surface area contributed by atoms with Crippen LogP contribution in [0.25, 0.3) is 0 Å². The maximum atomic E-state index is 10.4. The molecule has 1 aromatic carbocycles. The highest BCUT2D eigenvalue weighted by Gasteiger charge is 2.44. The molecule has 0 aliphatic heterocycles. The van der Waals surface area contributed by atoms with E-state index in [1.165, 1.54) is 5.57 Å². The van der Waals surface area contributed by atoms with Gasteiger partial charge in [0.2, 0.25) is 0 Å². The number of allylic oxidation sites excluding steroid dienone is 1. The van der Waals surface area contributed by atoms with Crippen molar-refractivity contribution in [1.82, 2.24) is 0 Å². The summed E-state index contributed by atoms with van der Waals surface area (Å²) in [5, 5.41) is 10.6. The van der Waals surface area contributed by atoms with Gasteiger partial charge in [-0.15, -0.1) is 0 Å². The van der Waals surface area contributed by atoms with Crippen LogP contribution in [0.15, 0.2) is 35.9 Å². The van der Waals surface area contributed by atoms with Crippen molar-refractivity contribution in [3.05, 3.63) is 41.5 Å². The van der Waals surface area contributed by atoms with Crippen LogP contribution in [-0.4, -0.2) is 74.3 Å². The van der Waals surface area contributed by atoms with Crippen LogP contribution in [0.3, 0.4) is 0 Å². The van der Waals surface area contributed by atoms with Gasteiger partial charge in [0.1, 0.15) is 12.5 Å². The monoisotopic (exact) mass is 739 g/mol. The van der Waals surface area contributed by atoms with E-state index in [1.807, 2.05) is 24.3 Å². The second-order valence-electron chi connectivity index (χ2n) is 18.1. The fourth-order valence-electron chi connectivity index (χ4n) is 6.17. The Morgan fingerprint density at radius 3 is 1.80 bits per heavy atom. The van der Waals surface area contributed by atoms with Gasteiger partial charge in [0.05, 0.1) is 32.0 Å². The van der Waals surface area contributed by atoms with Crippen molar-refractivity contribution in [2.24, 2.45) is 29.6 Å². The first-order valence-corrected chi connectivity index (χ1v) is 24.7. The standard InChI is InChI=1S/C41H78O7Si2/c1-29(23-30(2)37(46-28-43-13)33(5)26-47-49(15,16)40(7,8)9)24-31(3)39(48-50(17,18)41(10,11)12)34(6)38(32(4)25-42)45-27-35-19-21-36(44-14)22-20-35/h19-23,30-34,37-39,42H,24-28H2,1-18H3/t30-,31-,32-,33-,34+,37+,38-,39+/m0/s1. The normalized spacial score (nSPS) is 18.6. The van der Waals surface area contributed by atoms with Crippen LogP contribution < -0.4 is 4.74 Å². The molecule has 8 atom stereocenters. The molecule has 292 valence electrons.